The number of amides is 1. The molecule has 0 fully saturated rings. The minimum Gasteiger partial charge on any atom is -0.384 e. The first-order valence-corrected chi connectivity index (χ1v) is 6.69. The third-order valence-corrected chi connectivity index (χ3v) is 2.95. The van der Waals surface area contributed by atoms with Crippen molar-refractivity contribution in [2.24, 2.45) is 0 Å². The summed E-state index contributed by atoms with van der Waals surface area (Å²) in [6, 6.07) is 5.93. The topological polar surface area (TPSA) is 41.6 Å². The van der Waals surface area contributed by atoms with Crippen molar-refractivity contribution >= 4 is 11.6 Å². The number of nitrogens with zero attached hydrogens (tertiary/aromatic N) is 1. The quantitative estimate of drug-likeness (QED) is 0.823. The molecule has 106 valence electrons. The predicted molar refractivity (Wildman–Crippen MR) is 78.8 cm³/mol. The number of likely N-dealkylation sites (N-methyl/N-ethyl adjacent to an activating group) is 1. The molecule has 0 atom stereocenters. The Morgan fingerprint density at radius 2 is 2.16 bits per heavy atom. The lowest BCUT2D eigenvalue weighted by Crippen LogP contribution is -2.30. The van der Waals surface area contributed by atoms with Gasteiger partial charge in [0.05, 0.1) is 12.2 Å². The molecule has 0 aliphatic heterocycles. The molecule has 0 aromatic heterocycles. The lowest BCUT2D eigenvalue weighted by molar-refractivity contribution is 0.0745. The molecule has 1 amide bonds. The largest absolute Gasteiger partial charge is 0.384 e. The molecule has 0 saturated carbocycles. The zero-order valence-electron chi connectivity index (χ0n) is 12.3. The highest BCUT2D eigenvalue weighted by Crippen LogP contribution is 2.19. The van der Waals surface area contributed by atoms with Gasteiger partial charge in [0.1, 0.15) is 0 Å². The van der Waals surface area contributed by atoms with Crippen LogP contribution in [-0.4, -0.2) is 44.7 Å². The fraction of sp³-hybridized carbons (Fsp3) is 0.533. The Labute approximate surface area is 115 Å². The van der Waals surface area contributed by atoms with Crippen LogP contribution >= 0.6 is 0 Å². The van der Waals surface area contributed by atoms with Gasteiger partial charge < -0.3 is 15.0 Å². The molecule has 1 aromatic rings. The van der Waals surface area contributed by atoms with Crippen LogP contribution in [0.1, 0.15) is 29.3 Å². The summed E-state index contributed by atoms with van der Waals surface area (Å²) in [5, 5.41) is 3.30. The molecule has 0 spiro atoms. The summed E-state index contributed by atoms with van der Waals surface area (Å²) in [5.41, 5.74) is 2.72. The lowest BCUT2D eigenvalue weighted by atomic mass is 10.1. The number of hydrogen-bond donors (Lipinski definition) is 1. The van der Waals surface area contributed by atoms with Crippen LogP contribution in [0.2, 0.25) is 0 Å². The predicted octanol–water partition coefficient (Wildman–Crippen LogP) is 2.54. The van der Waals surface area contributed by atoms with Gasteiger partial charge in [-0.25, -0.2) is 0 Å². The number of aryl methyl sites for hydroxylation is 1. The average Bonchev–Trinajstić information content (AvgIpc) is 2.42. The number of rotatable bonds is 7. The Morgan fingerprint density at radius 3 is 2.79 bits per heavy atom. The van der Waals surface area contributed by atoms with Crippen LogP contribution in [-0.2, 0) is 4.74 Å². The van der Waals surface area contributed by atoms with Gasteiger partial charge >= 0.3 is 0 Å². The molecule has 4 heteroatoms. The standard InChI is InChI=1S/C15H24N2O2/c1-5-8-16-14-7-6-12(2)11-13(14)15(18)17(3)9-10-19-4/h6-7,11,16H,5,8-10H2,1-4H3. The smallest absolute Gasteiger partial charge is 0.255 e. The molecule has 4 nitrogen and oxygen atoms in total. The second-order valence-corrected chi connectivity index (χ2v) is 4.70. The van der Waals surface area contributed by atoms with E-state index in [2.05, 4.69) is 12.2 Å². The summed E-state index contributed by atoms with van der Waals surface area (Å²) in [7, 11) is 3.44. The van der Waals surface area contributed by atoms with Crippen molar-refractivity contribution in [2.45, 2.75) is 20.3 Å². The molecule has 0 bridgehead atoms. The van der Waals surface area contributed by atoms with Gasteiger partial charge in [0.15, 0.2) is 0 Å². The molecule has 1 aromatic carbocycles. The van der Waals surface area contributed by atoms with Crippen LogP contribution in [0.25, 0.3) is 0 Å². The Balaban J connectivity index is 2.89. The van der Waals surface area contributed by atoms with Gasteiger partial charge in [0, 0.05) is 32.9 Å². The number of methoxy groups -OCH3 is 1. The van der Waals surface area contributed by atoms with Crippen LogP contribution in [0.5, 0.6) is 0 Å². The molecule has 0 radical (unpaired) electrons. The van der Waals surface area contributed by atoms with E-state index in [1.54, 1.807) is 19.1 Å². The van der Waals surface area contributed by atoms with E-state index in [0.717, 1.165) is 29.8 Å². The van der Waals surface area contributed by atoms with E-state index >= 15 is 0 Å². The highest BCUT2D eigenvalue weighted by molar-refractivity contribution is 5.99. The Hall–Kier alpha value is -1.55. The lowest BCUT2D eigenvalue weighted by Gasteiger charge is -2.19. The Kier molecular flexibility index (Phi) is 6.36. The maximum Gasteiger partial charge on any atom is 0.255 e. The van der Waals surface area contributed by atoms with Crippen molar-refractivity contribution in [1.29, 1.82) is 0 Å². The van der Waals surface area contributed by atoms with Gasteiger partial charge in [-0.3, -0.25) is 4.79 Å². The summed E-state index contributed by atoms with van der Waals surface area (Å²) >= 11 is 0. The molecule has 0 unspecified atom stereocenters. The van der Waals surface area contributed by atoms with E-state index in [1.807, 2.05) is 25.1 Å². The van der Waals surface area contributed by atoms with Gasteiger partial charge in [-0.15, -0.1) is 0 Å². The summed E-state index contributed by atoms with van der Waals surface area (Å²) in [6.07, 6.45) is 1.03. The number of benzene rings is 1. The monoisotopic (exact) mass is 264 g/mol. The normalized spacial score (nSPS) is 10.3. The third-order valence-electron chi connectivity index (χ3n) is 2.95. The SMILES string of the molecule is CCCNc1ccc(C)cc1C(=O)N(C)CCOC. The number of carbonyl (C=O) groups excluding carboxylic acids is 1. The molecular weight excluding hydrogens is 240 g/mol. The average molecular weight is 264 g/mol. The minimum absolute atomic E-state index is 0.0272. The second kappa shape index (κ2) is 7.79. The Morgan fingerprint density at radius 1 is 1.42 bits per heavy atom. The number of nitrogens with one attached hydrogen (secondary N) is 1. The zero-order valence-corrected chi connectivity index (χ0v) is 12.3. The van der Waals surface area contributed by atoms with Gasteiger partial charge in [-0.2, -0.15) is 0 Å². The fourth-order valence-corrected chi connectivity index (χ4v) is 1.78. The van der Waals surface area contributed by atoms with Crippen molar-refractivity contribution in [1.82, 2.24) is 4.90 Å². The molecule has 19 heavy (non-hydrogen) atoms. The maximum absolute atomic E-state index is 12.4. The van der Waals surface area contributed by atoms with Gasteiger partial charge in [-0.05, 0) is 25.5 Å². The highest BCUT2D eigenvalue weighted by atomic mass is 16.5. The molecule has 0 aliphatic rings. The second-order valence-electron chi connectivity index (χ2n) is 4.70. The zero-order chi connectivity index (χ0) is 14.3. The number of carbonyl (C=O) groups is 1. The number of hydrogen-bond acceptors (Lipinski definition) is 3. The Bertz CT molecular complexity index is 419. The van der Waals surface area contributed by atoms with Crippen molar-refractivity contribution in [3.8, 4) is 0 Å². The van der Waals surface area contributed by atoms with Crippen molar-refractivity contribution < 1.29 is 9.53 Å². The van der Waals surface area contributed by atoms with Crippen LogP contribution in [0, 0.1) is 6.92 Å². The third kappa shape index (κ3) is 4.56. The van der Waals surface area contributed by atoms with Crippen molar-refractivity contribution in [3.63, 3.8) is 0 Å². The summed E-state index contributed by atoms with van der Waals surface area (Å²) in [5.74, 6) is 0.0272. The summed E-state index contributed by atoms with van der Waals surface area (Å²) in [6.45, 7) is 6.11. The first-order valence-electron chi connectivity index (χ1n) is 6.69. The van der Waals surface area contributed by atoms with Crippen LogP contribution in [0.4, 0.5) is 5.69 Å². The molecule has 0 aliphatic carbocycles. The van der Waals surface area contributed by atoms with E-state index in [-0.39, 0.29) is 5.91 Å². The molecule has 0 heterocycles. The first kappa shape index (κ1) is 15.5. The molecule has 1 rings (SSSR count). The number of anilines is 1. The minimum atomic E-state index is 0.0272. The van der Waals surface area contributed by atoms with E-state index in [4.69, 9.17) is 4.74 Å². The highest BCUT2D eigenvalue weighted by Gasteiger charge is 2.15. The van der Waals surface area contributed by atoms with Crippen molar-refractivity contribution in [2.75, 3.05) is 39.2 Å². The number of ether oxygens (including phenoxy) is 1. The van der Waals surface area contributed by atoms with Crippen molar-refractivity contribution in [3.05, 3.63) is 29.3 Å². The molecule has 1 N–H and O–H groups in total. The van der Waals surface area contributed by atoms with Crippen LogP contribution < -0.4 is 5.32 Å². The van der Waals surface area contributed by atoms with Gasteiger partial charge in [0.2, 0.25) is 0 Å². The maximum atomic E-state index is 12.4. The van der Waals surface area contributed by atoms with Gasteiger partial charge in [0.25, 0.3) is 5.91 Å². The molecule has 0 saturated heterocycles. The van der Waals surface area contributed by atoms with Crippen LogP contribution in [0.15, 0.2) is 18.2 Å². The van der Waals surface area contributed by atoms with Gasteiger partial charge in [-0.1, -0.05) is 18.6 Å². The van der Waals surface area contributed by atoms with E-state index in [1.165, 1.54) is 0 Å². The summed E-state index contributed by atoms with van der Waals surface area (Å²) < 4.78 is 5.01. The van der Waals surface area contributed by atoms with E-state index in [9.17, 15) is 4.79 Å². The van der Waals surface area contributed by atoms with Crippen LogP contribution in [0.3, 0.4) is 0 Å². The fourth-order valence-electron chi connectivity index (χ4n) is 1.78. The first-order chi connectivity index (χ1) is 9.10. The summed E-state index contributed by atoms with van der Waals surface area (Å²) in [4.78, 5) is 14.1. The van der Waals surface area contributed by atoms with E-state index in [0.29, 0.717) is 13.2 Å². The molecular formula is C15H24N2O2. The van der Waals surface area contributed by atoms with E-state index < -0.39 is 0 Å².